The van der Waals surface area contributed by atoms with Gasteiger partial charge < -0.3 is 8.83 Å². The van der Waals surface area contributed by atoms with Crippen LogP contribution in [-0.4, -0.2) is 15.0 Å². The van der Waals surface area contributed by atoms with Crippen molar-refractivity contribution in [1.82, 2.24) is 15.0 Å². The largest absolute Gasteiger partial charge is 0.455 e. The summed E-state index contributed by atoms with van der Waals surface area (Å²) < 4.78 is 13.2. The molecule has 3 heterocycles. The fourth-order valence-electron chi connectivity index (χ4n) is 7.84. The zero-order valence-electron chi connectivity index (χ0n) is 30.1. The van der Waals surface area contributed by atoms with Crippen molar-refractivity contribution in [3.8, 4) is 67.5 Å². The van der Waals surface area contributed by atoms with Gasteiger partial charge in [-0.2, -0.15) is 0 Å². The van der Waals surface area contributed by atoms with Crippen LogP contribution in [-0.2, 0) is 0 Å². The second-order valence-corrected chi connectivity index (χ2v) is 14.0. The summed E-state index contributed by atoms with van der Waals surface area (Å²) in [6.07, 6.45) is 0. The monoisotopic (exact) mass is 717 g/mol. The summed E-state index contributed by atoms with van der Waals surface area (Å²) in [5.74, 6) is 1.76. The molecular formula is C51H31N3O2. The topological polar surface area (TPSA) is 65.0 Å². The van der Waals surface area contributed by atoms with E-state index in [9.17, 15) is 0 Å². The van der Waals surface area contributed by atoms with Crippen molar-refractivity contribution < 1.29 is 8.83 Å². The summed E-state index contributed by atoms with van der Waals surface area (Å²) in [6, 6.07) is 64.5. The number of fused-ring (bicyclic) bond motifs is 6. The van der Waals surface area contributed by atoms with Crippen LogP contribution < -0.4 is 0 Å². The molecule has 56 heavy (non-hydrogen) atoms. The normalized spacial score (nSPS) is 11.6. The van der Waals surface area contributed by atoms with Gasteiger partial charge in [-0.05, 0) is 58.7 Å². The third-order valence-electron chi connectivity index (χ3n) is 10.5. The number of nitrogens with zero attached hydrogens (tertiary/aromatic N) is 3. The van der Waals surface area contributed by atoms with Gasteiger partial charge in [0.1, 0.15) is 22.3 Å². The number of furan rings is 2. The second kappa shape index (κ2) is 13.0. The lowest BCUT2D eigenvalue weighted by atomic mass is 9.94. The lowest BCUT2D eigenvalue weighted by molar-refractivity contribution is 0.670. The molecule has 11 rings (SSSR count). The maximum atomic E-state index is 6.58. The second-order valence-electron chi connectivity index (χ2n) is 14.0. The first-order valence-corrected chi connectivity index (χ1v) is 18.7. The molecule has 0 unspecified atom stereocenters. The quantitative estimate of drug-likeness (QED) is 0.171. The fraction of sp³-hybridized carbons (Fsp3) is 0. The molecule has 0 N–H and O–H groups in total. The Labute approximate surface area is 322 Å². The molecule has 0 fully saturated rings. The number of rotatable bonds is 6. The summed E-state index contributed by atoms with van der Waals surface area (Å²) in [4.78, 5) is 15.5. The Hall–Kier alpha value is -7.63. The zero-order valence-corrected chi connectivity index (χ0v) is 30.1. The van der Waals surface area contributed by atoms with Gasteiger partial charge in [0.15, 0.2) is 17.5 Å². The van der Waals surface area contributed by atoms with Crippen LogP contribution in [0.1, 0.15) is 0 Å². The molecule has 262 valence electrons. The van der Waals surface area contributed by atoms with Gasteiger partial charge in [-0.1, -0.05) is 152 Å². The Morgan fingerprint density at radius 3 is 1.25 bits per heavy atom. The van der Waals surface area contributed by atoms with Crippen LogP contribution in [0.5, 0.6) is 0 Å². The van der Waals surface area contributed by atoms with Crippen molar-refractivity contribution in [3.05, 3.63) is 188 Å². The molecule has 0 saturated heterocycles. The van der Waals surface area contributed by atoms with Crippen LogP contribution >= 0.6 is 0 Å². The van der Waals surface area contributed by atoms with E-state index in [1.54, 1.807) is 0 Å². The maximum absolute atomic E-state index is 6.58. The van der Waals surface area contributed by atoms with E-state index in [1.165, 1.54) is 0 Å². The molecule has 5 nitrogen and oxygen atoms in total. The highest BCUT2D eigenvalue weighted by Crippen LogP contribution is 2.42. The molecule has 0 aliphatic heterocycles. The Morgan fingerprint density at radius 2 is 0.661 bits per heavy atom. The average molecular weight is 718 g/mol. The fourth-order valence-corrected chi connectivity index (χ4v) is 7.84. The minimum absolute atomic E-state index is 0.565. The number of benzene rings is 8. The third kappa shape index (κ3) is 5.45. The Balaban J connectivity index is 1.17. The number of para-hydroxylation sites is 4. The molecule has 0 aliphatic rings. The predicted molar refractivity (Wildman–Crippen MR) is 227 cm³/mol. The molecule has 5 heteroatoms. The van der Waals surface area contributed by atoms with Crippen molar-refractivity contribution in [2.75, 3.05) is 0 Å². The lowest BCUT2D eigenvalue weighted by Gasteiger charge is -2.13. The Kier molecular flexibility index (Phi) is 7.42. The summed E-state index contributed by atoms with van der Waals surface area (Å²) >= 11 is 0. The highest BCUT2D eigenvalue weighted by molar-refractivity contribution is 6.11. The van der Waals surface area contributed by atoms with Crippen molar-refractivity contribution in [3.63, 3.8) is 0 Å². The van der Waals surface area contributed by atoms with Crippen molar-refractivity contribution >= 4 is 43.9 Å². The molecule has 0 spiro atoms. The standard InChI is InChI=1S/C51H31N3O2/c1-3-14-32(15-4-1)34-18-11-19-35(28-34)50-52-49(33-16-5-2-6-17-33)53-51(54-50)38-30-36(39-22-12-24-43-41-20-7-9-26-45(41)55-47(39)43)29-37(31-38)40-23-13-25-44-42-21-8-10-27-46(42)56-48(40)44/h1-31H. The van der Waals surface area contributed by atoms with E-state index in [2.05, 4.69) is 127 Å². The lowest BCUT2D eigenvalue weighted by Crippen LogP contribution is -2.01. The van der Waals surface area contributed by atoms with E-state index in [4.69, 9.17) is 23.8 Å². The molecule has 0 radical (unpaired) electrons. The van der Waals surface area contributed by atoms with Gasteiger partial charge in [0, 0.05) is 49.4 Å². The summed E-state index contributed by atoms with van der Waals surface area (Å²) in [5.41, 5.74) is 12.2. The molecule has 0 bridgehead atoms. The molecule has 0 amide bonds. The Bertz CT molecular complexity index is 3120. The smallest absolute Gasteiger partial charge is 0.164 e. The number of hydrogen-bond donors (Lipinski definition) is 0. The predicted octanol–water partition coefficient (Wildman–Crippen LogP) is 13.7. The van der Waals surface area contributed by atoms with E-state index in [0.717, 1.165) is 93.9 Å². The van der Waals surface area contributed by atoms with Crippen molar-refractivity contribution in [2.24, 2.45) is 0 Å². The van der Waals surface area contributed by atoms with Gasteiger partial charge in [-0.3, -0.25) is 0 Å². The molecule has 0 atom stereocenters. The molecule has 3 aromatic heterocycles. The average Bonchev–Trinajstić information content (AvgIpc) is 3.86. The van der Waals surface area contributed by atoms with Gasteiger partial charge in [0.25, 0.3) is 0 Å². The van der Waals surface area contributed by atoms with Crippen LogP contribution in [0.3, 0.4) is 0 Å². The highest BCUT2D eigenvalue weighted by atomic mass is 16.3. The van der Waals surface area contributed by atoms with Crippen LogP contribution in [0.2, 0.25) is 0 Å². The van der Waals surface area contributed by atoms with Gasteiger partial charge in [-0.25, -0.2) is 15.0 Å². The highest BCUT2D eigenvalue weighted by Gasteiger charge is 2.19. The molecule has 11 aromatic rings. The maximum Gasteiger partial charge on any atom is 0.164 e. The third-order valence-corrected chi connectivity index (χ3v) is 10.5. The zero-order chi connectivity index (χ0) is 37.0. The van der Waals surface area contributed by atoms with E-state index in [1.807, 2.05) is 60.7 Å². The number of aromatic nitrogens is 3. The van der Waals surface area contributed by atoms with Crippen LogP contribution in [0.25, 0.3) is 111 Å². The summed E-state index contributed by atoms with van der Waals surface area (Å²) in [6.45, 7) is 0. The van der Waals surface area contributed by atoms with Gasteiger partial charge >= 0.3 is 0 Å². The van der Waals surface area contributed by atoms with Gasteiger partial charge in [0.05, 0.1) is 0 Å². The number of hydrogen-bond acceptors (Lipinski definition) is 5. The first kappa shape index (κ1) is 31.9. The van der Waals surface area contributed by atoms with E-state index in [0.29, 0.717) is 17.5 Å². The van der Waals surface area contributed by atoms with E-state index in [-0.39, 0.29) is 0 Å². The van der Waals surface area contributed by atoms with Gasteiger partial charge in [-0.15, -0.1) is 0 Å². The van der Waals surface area contributed by atoms with E-state index < -0.39 is 0 Å². The molecule has 0 aliphatic carbocycles. The van der Waals surface area contributed by atoms with Crippen molar-refractivity contribution in [1.29, 1.82) is 0 Å². The minimum Gasteiger partial charge on any atom is -0.455 e. The van der Waals surface area contributed by atoms with E-state index >= 15 is 0 Å². The molecule has 0 saturated carbocycles. The minimum atomic E-state index is 0.565. The SMILES string of the molecule is c1ccc(-c2cccc(-c3nc(-c4ccccc4)nc(-c4cc(-c5cccc6c5oc5ccccc56)cc(-c5cccc6c5oc5ccccc56)c4)n3)c2)cc1. The molecule has 8 aromatic carbocycles. The first-order chi connectivity index (χ1) is 27.7. The van der Waals surface area contributed by atoms with Crippen molar-refractivity contribution in [2.45, 2.75) is 0 Å². The first-order valence-electron chi connectivity index (χ1n) is 18.7. The summed E-state index contributed by atoms with van der Waals surface area (Å²) in [7, 11) is 0. The van der Waals surface area contributed by atoms with Gasteiger partial charge in [0.2, 0.25) is 0 Å². The Morgan fingerprint density at radius 1 is 0.268 bits per heavy atom. The van der Waals surface area contributed by atoms with Crippen LogP contribution in [0, 0.1) is 0 Å². The molecular weight excluding hydrogens is 687 g/mol. The van der Waals surface area contributed by atoms with Crippen LogP contribution in [0.4, 0.5) is 0 Å². The summed E-state index contributed by atoms with van der Waals surface area (Å²) in [5, 5.41) is 4.30. The van der Waals surface area contributed by atoms with Crippen LogP contribution in [0.15, 0.2) is 197 Å².